The molecule has 0 spiro atoms. The maximum Gasteiger partial charge on any atom is 0.255 e. The highest BCUT2D eigenvalue weighted by Crippen LogP contribution is 2.22. The van der Waals surface area contributed by atoms with Gasteiger partial charge in [0.15, 0.2) is 0 Å². The number of carbonyl (C=O) groups is 1. The first-order valence-corrected chi connectivity index (χ1v) is 6.47. The van der Waals surface area contributed by atoms with Gasteiger partial charge in [-0.05, 0) is 25.0 Å². The molecule has 18 heavy (non-hydrogen) atoms. The minimum absolute atomic E-state index is 0.0712. The van der Waals surface area contributed by atoms with Crippen molar-refractivity contribution in [2.45, 2.75) is 12.8 Å². The Balaban J connectivity index is 2.00. The van der Waals surface area contributed by atoms with Crippen LogP contribution in [-0.4, -0.2) is 28.9 Å². The maximum absolute atomic E-state index is 12.2. The van der Waals surface area contributed by atoms with Gasteiger partial charge in [-0.25, -0.2) is 0 Å². The van der Waals surface area contributed by atoms with Gasteiger partial charge in [-0.2, -0.15) is 0 Å². The van der Waals surface area contributed by atoms with E-state index in [4.69, 9.17) is 11.6 Å². The van der Waals surface area contributed by atoms with Gasteiger partial charge in [0.25, 0.3) is 5.91 Å². The standard InChI is InChI=1S/C14H13ClN2O/c15-12-5-3-4-10-8-11(9-16-13(10)12)14(18)17-6-1-2-7-17/h3-5,8-9H,1-2,6-7H2. The number of benzene rings is 1. The Kier molecular flexibility index (Phi) is 2.92. The Morgan fingerprint density at radius 1 is 1.28 bits per heavy atom. The van der Waals surface area contributed by atoms with E-state index in [1.54, 1.807) is 12.3 Å². The molecule has 0 aliphatic carbocycles. The van der Waals surface area contributed by atoms with Crippen molar-refractivity contribution in [2.75, 3.05) is 13.1 Å². The summed E-state index contributed by atoms with van der Waals surface area (Å²) in [4.78, 5) is 18.4. The van der Waals surface area contributed by atoms with Gasteiger partial charge in [-0.1, -0.05) is 23.7 Å². The predicted molar refractivity (Wildman–Crippen MR) is 71.9 cm³/mol. The summed E-state index contributed by atoms with van der Waals surface area (Å²) in [6.07, 6.45) is 3.81. The smallest absolute Gasteiger partial charge is 0.255 e. The zero-order valence-electron chi connectivity index (χ0n) is 9.90. The zero-order valence-corrected chi connectivity index (χ0v) is 10.7. The van der Waals surface area contributed by atoms with E-state index in [0.29, 0.717) is 10.6 Å². The van der Waals surface area contributed by atoms with Crippen LogP contribution in [0.1, 0.15) is 23.2 Å². The fourth-order valence-corrected chi connectivity index (χ4v) is 2.57. The van der Waals surface area contributed by atoms with Crippen LogP contribution in [0.5, 0.6) is 0 Å². The Hall–Kier alpha value is -1.61. The van der Waals surface area contributed by atoms with Crippen molar-refractivity contribution in [3.63, 3.8) is 0 Å². The van der Waals surface area contributed by atoms with E-state index < -0.39 is 0 Å². The molecule has 1 amide bonds. The van der Waals surface area contributed by atoms with Crippen molar-refractivity contribution in [2.24, 2.45) is 0 Å². The fraction of sp³-hybridized carbons (Fsp3) is 0.286. The number of nitrogens with zero attached hydrogens (tertiary/aromatic N) is 2. The molecule has 1 fully saturated rings. The summed E-state index contributed by atoms with van der Waals surface area (Å²) in [7, 11) is 0. The summed E-state index contributed by atoms with van der Waals surface area (Å²) in [5.74, 6) is 0.0712. The Morgan fingerprint density at radius 3 is 2.83 bits per heavy atom. The summed E-state index contributed by atoms with van der Waals surface area (Å²) in [5.41, 5.74) is 1.39. The molecule has 2 aromatic rings. The van der Waals surface area contributed by atoms with Gasteiger partial charge in [0.2, 0.25) is 0 Å². The summed E-state index contributed by atoms with van der Waals surface area (Å²) >= 11 is 6.06. The quantitative estimate of drug-likeness (QED) is 0.789. The van der Waals surface area contributed by atoms with E-state index >= 15 is 0 Å². The molecular formula is C14H13ClN2O. The number of pyridine rings is 1. The van der Waals surface area contributed by atoms with Crippen LogP contribution >= 0.6 is 11.6 Å². The molecule has 1 aromatic heterocycles. The Labute approximate surface area is 110 Å². The van der Waals surface area contributed by atoms with E-state index in [9.17, 15) is 4.79 Å². The lowest BCUT2D eigenvalue weighted by molar-refractivity contribution is 0.0792. The lowest BCUT2D eigenvalue weighted by Crippen LogP contribution is -2.27. The number of hydrogen-bond donors (Lipinski definition) is 0. The van der Waals surface area contributed by atoms with Crippen LogP contribution in [0, 0.1) is 0 Å². The van der Waals surface area contributed by atoms with Crippen molar-refractivity contribution < 1.29 is 4.79 Å². The highest BCUT2D eigenvalue weighted by Gasteiger charge is 2.19. The van der Waals surface area contributed by atoms with Crippen molar-refractivity contribution in [1.29, 1.82) is 0 Å². The van der Waals surface area contributed by atoms with Crippen molar-refractivity contribution >= 4 is 28.4 Å². The number of halogens is 1. The Bertz CT molecular complexity index is 606. The molecule has 0 radical (unpaired) electrons. The van der Waals surface area contributed by atoms with Gasteiger partial charge in [0, 0.05) is 24.7 Å². The molecule has 0 N–H and O–H groups in total. The predicted octanol–water partition coefficient (Wildman–Crippen LogP) is 3.12. The van der Waals surface area contributed by atoms with Gasteiger partial charge in [0.1, 0.15) is 0 Å². The van der Waals surface area contributed by atoms with Crippen LogP contribution in [0.25, 0.3) is 10.9 Å². The van der Waals surface area contributed by atoms with Crippen LogP contribution in [0.2, 0.25) is 5.02 Å². The molecule has 1 aliphatic heterocycles. The minimum atomic E-state index is 0.0712. The van der Waals surface area contributed by atoms with Crippen molar-refractivity contribution in [1.82, 2.24) is 9.88 Å². The number of amides is 1. The van der Waals surface area contributed by atoms with Crippen LogP contribution < -0.4 is 0 Å². The molecular weight excluding hydrogens is 248 g/mol. The van der Waals surface area contributed by atoms with Crippen LogP contribution in [0.3, 0.4) is 0 Å². The van der Waals surface area contributed by atoms with Gasteiger partial charge in [0.05, 0.1) is 16.1 Å². The molecule has 0 saturated carbocycles. The molecule has 2 heterocycles. The number of rotatable bonds is 1. The lowest BCUT2D eigenvalue weighted by Gasteiger charge is -2.15. The molecule has 0 bridgehead atoms. The highest BCUT2D eigenvalue weighted by atomic mass is 35.5. The van der Waals surface area contributed by atoms with Gasteiger partial charge in [-0.15, -0.1) is 0 Å². The summed E-state index contributed by atoms with van der Waals surface area (Å²) in [6, 6.07) is 7.47. The topological polar surface area (TPSA) is 33.2 Å². The summed E-state index contributed by atoms with van der Waals surface area (Å²) in [5, 5.41) is 1.53. The third-order valence-corrected chi connectivity index (χ3v) is 3.61. The molecule has 1 aromatic carbocycles. The number of aromatic nitrogens is 1. The fourth-order valence-electron chi connectivity index (χ4n) is 2.34. The summed E-state index contributed by atoms with van der Waals surface area (Å²) in [6.45, 7) is 1.71. The molecule has 92 valence electrons. The van der Waals surface area contributed by atoms with Crippen LogP contribution in [0.4, 0.5) is 0 Å². The second kappa shape index (κ2) is 4.58. The number of carbonyl (C=O) groups excluding carboxylic acids is 1. The molecule has 4 heteroatoms. The van der Waals surface area contributed by atoms with Crippen LogP contribution in [0.15, 0.2) is 30.5 Å². The zero-order chi connectivity index (χ0) is 12.5. The second-order valence-corrected chi connectivity index (χ2v) is 4.94. The molecule has 1 aliphatic rings. The van der Waals surface area contributed by atoms with E-state index in [0.717, 1.165) is 36.8 Å². The summed E-state index contributed by atoms with van der Waals surface area (Å²) < 4.78 is 0. The number of fused-ring (bicyclic) bond motifs is 1. The van der Waals surface area contributed by atoms with Gasteiger partial charge < -0.3 is 4.90 Å². The van der Waals surface area contributed by atoms with E-state index in [2.05, 4.69) is 4.98 Å². The average Bonchev–Trinajstić information content (AvgIpc) is 2.91. The van der Waals surface area contributed by atoms with Crippen molar-refractivity contribution in [3.8, 4) is 0 Å². The first kappa shape index (κ1) is 11.5. The number of hydrogen-bond acceptors (Lipinski definition) is 2. The molecule has 0 atom stereocenters. The largest absolute Gasteiger partial charge is 0.339 e. The Morgan fingerprint density at radius 2 is 2.06 bits per heavy atom. The SMILES string of the molecule is O=C(c1cnc2c(Cl)cccc2c1)N1CCCC1. The average molecular weight is 261 g/mol. The monoisotopic (exact) mass is 260 g/mol. The molecule has 1 saturated heterocycles. The second-order valence-electron chi connectivity index (χ2n) is 4.53. The number of para-hydroxylation sites is 1. The van der Waals surface area contributed by atoms with E-state index in [1.165, 1.54) is 0 Å². The molecule has 0 unspecified atom stereocenters. The normalized spacial score (nSPS) is 15.3. The van der Waals surface area contributed by atoms with Crippen LogP contribution in [-0.2, 0) is 0 Å². The number of likely N-dealkylation sites (tertiary alicyclic amines) is 1. The highest BCUT2D eigenvalue weighted by molar-refractivity contribution is 6.35. The third-order valence-electron chi connectivity index (χ3n) is 3.30. The first-order valence-electron chi connectivity index (χ1n) is 6.09. The van der Waals surface area contributed by atoms with Gasteiger partial charge >= 0.3 is 0 Å². The van der Waals surface area contributed by atoms with Crippen molar-refractivity contribution in [3.05, 3.63) is 41.0 Å². The molecule has 3 rings (SSSR count). The first-order chi connectivity index (χ1) is 8.75. The van der Waals surface area contributed by atoms with E-state index in [-0.39, 0.29) is 5.91 Å². The maximum atomic E-state index is 12.2. The minimum Gasteiger partial charge on any atom is -0.339 e. The van der Waals surface area contributed by atoms with Gasteiger partial charge in [-0.3, -0.25) is 9.78 Å². The third kappa shape index (κ3) is 1.95. The van der Waals surface area contributed by atoms with E-state index in [1.807, 2.05) is 23.1 Å². The molecule has 3 nitrogen and oxygen atoms in total. The lowest BCUT2D eigenvalue weighted by atomic mass is 10.1.